The Morgan fingerprint density at radius 2 is 1.83 bits per heavy atom. The van der Waals surface area contributed by atoms with Crippen LogP contribution in [0.3, 0.4) is 0 Å². The van der Waals surface area contributed by atoms with Gasteiger partial charge in [0.1, 0.15) is 11.6 Å². The monoisotopic (exact) mass is 465 g/mol. The maximum Gasteiger partial charge on any atom is 0.191 e. The molecule has 0 aliphatic carbocycles. The highest BCUT2D eigenvalue weighted by Gasteiger charge is 2.08. The summed E-state index contributed by atoms with van der Waals surface area (Å²) in [4.78, 5) is 5.77. The van der Waals surface area contributed by atoms with Gasteiger partial charge in [0.05, 0.1) is 0 Å². The van der Waals surface area contributed by atoms with Crippen molar-refractivity contribution in [3.8, 4) is 0 Å². The topological polar surface area (TPSA) is 36.4 Å². The highest BCUT2D eigenvalue weighted by atomic mass is 127. The third-order valence-corrected chi connectivity index (χ3v) is 4.22. The van der Waals surface area contributed by atoms with Crippen molar-refractivity contribution in [2.45, 2.75) is 19.8 Å². The van der Waals surface area contributed by atoms with Gasteiger partial charge in [0, 0.05) is 36.5 Å². The summed E-state index contributed by atoms with van der Waals surface area (Å²) in [6, 6.07) is 8.03. The van der Waals surface area contributed by atoms with E-state index in [1.165, 1.54) is 23.1 Å². The Hall–Kier alpha value is -1.22. The van der Waals surface area contributed by atoms with Gasteiger partial charge >= 0.3 is 0 Å². The third kappa shape index (κ3) is 6.72. The van der Waals surface area contributed by atoms with Crippen LogP contribution in [0.5, 0.6) is 0 Å². The van der Waals surface area contributed by atoms with E-state index in [2.05, 4.69) is 21.7 Å². The summed E-state index contributed by atoms with van der Waals surface area (Å²) in [5.41, 5.74) is 0.106. The highest BCUT2D eigenvalue weighted by Crippen LogP contribution is 2.12. The molecule has 0 atom stereocenters. The molecule has 0 saturated heterocycles. The molecule has 0 fully saturated rings. The summed E-state index contributed by atoms with van der Waals surface area (Å²) in [5, 5.41) is 8.29. The molecule has 132 valence electrons. The number of aliphatic imine (C=N–C) groups is 1. The molecule has 1 heterocycles. The zero-order chi connectivity index (χ0) is 16.5. The Kier molecular flexibility index (Phi) is 9.85. The van der Waals surface area contributed by atoms with Gasteiger partial charge in [0.15, 0.2) is 5.96 Å². The van der Waals surface area contributed by atoms with Crippen LogP contribution in [0.4, 0.5) is 8.78 Å². The summed E-state index contributed by atoms with van der Waals surface area (Å²) < 4.78 is 27.1. The minimum Gasteiger partial charge on any atom is -0.357 e. The number of hydrogen-bond acceptors (Lipinski definition) is 2. The molecule has 2 N–H and O–H groups in total. The molecule has 0 aliphatic rings. The standard InChI is InChI=1S/C17H21F2N3S.HI/c1-2-20-17(21-10-8-13-5-4-12-23-13)22-11-9-14-15(18)6-3-7-16(14)19;/h3-7,12H,2,8-11H2,1H3,(H2,20,21,22);1H. The predicted octanol–water partition coefficient (Wildman–Crippen LogP) is 3.98. The molecule has 0 bridgehead atoms. The zero-order valence-corrected chi connectivity index (χ0v) is 16.7. The van der Waals surface area contributed by atoms with Crippen LogP contribution in [0.2, 0.25) is 0 Å². The zero-order valence-electron chi connectivity index (χ0n) is 13.5. The molecule has 7 heteroatoms. The number of nitrogens with zero attached hydrogens (tertiary/aromatic N) is 1. The Bertz CT molecular complexity index is 613. The first-order valence-electron chi connectivity index (χ1n) is 7.68. The SMILES string of the molecule is CCNC(=NCCc1cccs1)NCCc1c(F)cccc1F.I. The van der Waals surface area contributed by atoms with Gasteiger partial charge in [-0.3, -0.25) is 4.99 Å². The van der Waals surface area contributed by atoms with Crippen LogP contribution in [0.25, 0.3) is 0 Å². The van der Waals surface area contributed by atoms with Crippen molar-refractivity contribution in [3.05, 3.63) is 57.8 Å². The summed E-state index contributed by atoms with van der Waals surface area (Å²) in [5.74, 6) is -0.348. The molecule has 0 aliphatic heterocycles. The number of thiophene rings is 1. The van der Waals surface area contributed by atoms with Gasteiger partial charge in [0.2, 0.25) is 0 Å². The second-order valence-corrected chi connectivity index (χ2v) is 6.00. The third-order valence-electron chi connectivity index (χ3n) is 3.28. The minimum absolute atomic E-state index is 0. The van der Waals surface area contributed by atoms with Crippen molar-refractivity contribution in [2.75, 3.05) is 19.6 Å². The fraction of sp³-hybridized carbons (Fsp3) is 0.353. The molecular formula is C17H22F2IN3S. The van der Waals surface area contributed by atoms with Crippen molar-refractivity contribution in [3.63, 3.8) is 0 Å². The number of guanidine groups is 1. The van der Waals surface area contributed by atoms with Gasteiger partial charge in [0.25, 0.3) is 0 Å². The fourth-order valence-electron chi connectivity index (χ4n) is 2.15. The molecule has 0 spiro atoms. The van der Waals surface area contributed by atoms with Gasteiger partial charge in [-0.1, -0.05) is 12.1 Å². The molecule has 1 aromatic heterocycles. The van der Waals surface area contributed by atoms with Gasteiger partial charge in [-0.25, -0.2) is 8.78 Å². The van der Waals surface area contributed by atoms with Crippen molar-refractivity contribution < 1.29 is 8.78 Å². The van der Waals surface area contributed by atoms with E-state index in [-0.39, 0.29) is 36.0 Å². The Labute approximate surface area is 162 Å². The largest absolute Gasteiger partial charge is 0.357 e. The van der Waals surface area contributed by atoms with Crippen LogP contribution in [-0.2, 0) is 12.8 Å². The number of halogens is 3. The molecule has 2 rings (SSSR count). The first-order valence-corrected chi connectivity index (χ1v) is 8.56. The summed E-state index contributed by atoms with van der Waals surface area (Å²) in [6.45, 7) is 3.80. The molecule has 3 nitrogen and oxygen atoms in total. The molecule has 0 saturated carbocycles. The van der Waals surface area contributed by atoms with E-state index in [0.29, 0.717) is 19.0 Å². The van der Waals surface area contributed by atoms with E-state index in [4.69, 9.17) is 0 Å². The van der Waals surface area contributed by atoms with Crippen molar-refractivity contribution in [1.82, 2.24) is 10.6 Å². The van der Waals surface area contributed by atoms with Crippen molar-refractivity contribution in [1.29, 1.82) is 0 Å². The smallest absolute Gasteiger partial charge is 0.191 e. The van der Waals surface area contributed by atoms with Gasteiger partial charge < -0.3 is 10.6 Å². The van der Waals surface area contributed by atoms with Crippen LogP contribution >= 0.6 is 35.3 Å². The average molecular weight is 465 g/mol. The second-order valence-electron chi connectivity index (χ2n) is 4.97. The average Bonchev–Trinajstić information content (AvgIpc) is 3.03. The van der Waals surface area contributed by atoms with Gasteiger partial charge in [-0.05, 0) is 36.9 Å². The predicted molar refractivity (Wildman–Crippen MR) is 107 cm³/mol. The maximum absolute atomic E-state index is 13.6. The maximum atomic E-state index is 13.6. The molecule has 2 aromatic rings. The van der Waals surface area contributed by atoms with E-state index in [1.807, 2.05) is 18.4 Å². The van der Waals surface area contributed by atoms with Crippen molar-refractivity contribution >= 4 is 41.3 Å². The van der Waals surface area contributed by atoms with Crippen LogP contribution in [0, 0.1) is 11.6 Å². The lowest BCUT2D eigenvalue weighted by molar-refractivity contribution is 0.553. The van der Waals surface area contributed by atoms with Crippen molar-refractivity contribution in [2.24, 2.45) is 4.99 Å². The van der Waals surface area contributed by atoms with Crippen LogP contribution in [0.1, 0.15) is 17.4 Å². The van der Waals surface area contributed by atoms with Crippen LogP contribution in [-0.4, -0.2) is 25.6 Å². The molecule has 1 aromatic carbocycles. The van der Waals surface area contributed by atoms with Crippen LogP contribution < -0.4 is 10.6 Å². The van der Waals surface area contributed by atoms with Gasteiger partial charge in [-0.2, -0.15) is 0 Å². The lowest BCUT2D eigenvalue weighted by Crippen LogP contribution is -2.38. The first-order chi connectivity index (χ1) is 11.2. The molecule has 0 amide bonds. The Morgan fingerprint density at radius 1 is 1.08 bits per heavy atom. The molecular weight excluding hydrogens is 443 g/mol. The minimum atomic E-state index is -0.508. The summed E-state index contributed by atoms with van der Waals surface area (Å²) >= 11 is 1.71. The normalized spacial score (nSPS) is 11.0. The number of benzene rings is 1. The van der Waals surface area contributed by atoms with E-state index >= 15 is 0 Å². The second kappa shape index (κ2) is 11.4. The Morgan fingerprint density at radius 3 is 2.46 bits per heavy atom. The van der Waals surface area contributed by atoms with E-state index in [1.54, 1.807) is 11.3 Å². The molecule has 24 heavy (non-hydrogen) atoms. The van der Waals surface area contributed by atoms with E-state index < -0.39 is 11.6 Å². The number of nitrogens with one attached hydrogen (secondary N) is 2. The molecule has 0 unspecified atom stereocenters. The quantitative estimate of drug-likeness (QED) is 0.369. The van der Waals surface area contributed by atoms with Gasteiger partial charge in [-0.15, -0.1) is 35.3 Å². The number of hydrogen-bond donors (Lipinski definition) is 2. The lowest BCUT2D eigenvalue weighted by atomic mass is 10.1. The van der Waals surface area contributed by atoms with E-state index in [0.717, 1.165) is 13.0 Å². The number of rotatable bonds is 7. The fourth-order valence-corrected chi connectivity index (χ4v) is 2.85. The summed E-state index contributed by atoms with van der Waals surface area (Å²) in [7, 11) is 0. The Balaban J connectivity index is 0.00000288. The lowest BCUT2D eigenvalue weighted by Gasteiger charge is -2.11. The summed E-state index contributed by atoms with van der Waals surface area (Å²) in [6.07, 6.45) is 1.16. The van der Waals surface area contributed by atoms with E-state index in [9.17, 15) is 8.78 Å². The highest BCUT2D eigenvalue weighted by molar-refractivity contribution is 14.0. The van der Waals surface area contributed by atoms with Crippen LogP contribution in [0.15, 0.2) is 40.7 Å². The first kappa shape index (κ1) is 20.8. The molecule has 0 radical (unpaired) electrons.